The molecule has 0 aliphatic carbocycles. The fourth-order valence-electron chi connectivity index (χ4n) is 1.30. The SMILES string of the molecule is Nc1cccc(Cl)c1Sc1cc(Cl)ccc1Cl. The van der Waals surface area contributed by atoms with Crippen LogP contribution in [0.5, 0.6) is 0 Å². The lowest BCUT2D eigenvalue weighted by molar-refractivity contribution is 1.41. The van der Waals surface area contributed by atoms with Crippen molar-refractivity contribution in [3.8, 4) is 0 Å². The molecule has 0 amide bonds. The second kappa shape index (κ2) is 5.40. The molecule has 2 aromatic carbocycles. The first-order valence-electron chi connectivity index (χ1n) is 4.75. The second-order valence-corrected chi connectivity index (χ2v) is 5.64. The molecule has 88 valence electrons. The summed E-state index contributed by atoms with van der Waals surface area (Å²) in [7, 11) is 0. The molecule has 0 spiro atoms. The molecular weight excluding hydrogens is 297 g/mol. The normalized spacial score (nSPS) is 10.5. The number of hydrogen-bond acceptors (Lipinski definition) is 2. The van der Waals surface area contributed by atoms with Gasteiger partial charge in [0.15, 0.2) is 0 Å². The summed E-state index contributed by atoms with van der Waals surface area (Å²) >= 11 is 19.5. The van der Waals surface area contributed by atoms with E-state index in [0.29, 0.717) is 20.8 Å². The number of halogens is 3. The fraction of sp³-hybridized carbons (Fsp3) is 0. The van der Waals surface area contributed by atoms with Crippen LogP contribution in [0.3, 0.4) is 0 Å². The molecule has 0 aliphatic rings. The summed E-state index contributed by atoms with van der Waals surface area (Å²) in [5, 5.41) is 1.85. The van der Waals surface area contributed by atoms with Crippen molar-refractivity contribution in [2.45, 2.75) is 9.79 Å². The van der Waals surface area contributed by atoms with Gasteiger partial charge in [-0.1, -0.05) is 52.6 Å². The Hall–Kier alpha value is -0.540. The van der Waals surface area contributed by atoms with E-state index in [-0.39, 0.29) is 0 Å². The van der Waals surface area contributed by atoms with Gasteiger partial charge in [0.1, 0.15) is 0 Å². The summed E-state index contributed by atoms with van der Waals surface area (Å²) in [4.78, 5) is 1.62. The van der Waals surface area contributed by atoms with Gasteiger partial charge >= 0.3 is 0 Å². The van der Waals surface area contributed by atoms with Crippen molar-refractivity contribution in [3.05, 3.63) is 51.5 Å². The molecule has 1 nitrogen and oxygen atoms in total. The lowest BCUT2D eigenvalue weighted by Crippen LogP contribution is -1.89. The molecule has 0 atom stereocenters. The number of benzene rings is 2. The van der Waals surface area contributed by atoms with Crippen LogP contribution in [0.15, 0.2) is 46.2 Å². The summed E-state index contributed by atoms with van der Waals surface area (Å²) < 4.78 is 0. The fourth-order valence-corrected chi connectivity index (χ4v) is 2.99. The zero-order valence-electron chi connectivity index (χ0n) is 8.58. The van der Waals surface area contributed by atoms with Gasteiger partial charge in [0, 0.05) is 15.6 Å². The molecule has 0 heterocycles. The van der Waals surface area contributed by atoms with E-state index >= 15 is 0 Å². The van der Waals surface area contributed by atoms with Crippen LogP contribution < -0.4 is 5.73 Å². The third-order valence-corrected chi connectivity index (χ3v) is 4.42. The lowest BCUT2D eigenvalue weighted by Gasteiger charge is -2.09. The first kappa shape index (κ1) is 12.9. The van der Waals surface area contributed by atoms with E-state index in [1.54, 1.807) is 36.4 Å². The molecule has 0 saturated carbocycles. The molecule has 0 unspecified atom stereocenters. The maximum absolute atomic E-state index is 6.09. The van der Waals surface area contributed by atoms with Gasteiger partial charge in [-0.3, -0.25) is 0 Å². The molecule has 2 N–H and O–H groups in total. The maximum Gasteiger partial charge on any atom is 0.0566 e. The largest absolute Gasteiger partial charge is 0.398 e. The van der Waals surface area contributed by atoms with E-state index in [1.165, 1.54) is 11.8 Å². The number of hydrogen-bond donors (Lipinski definition) is 1. The van der Waals surface area contributed by atoms with Gasteiger partial charge in [-0.25, -0.2) is 0 Å². The molecule has 0 aromatic heterocycles. The van der Waals surface area contributed by atoms with Crippen LogP contribution in [0, 0.1) is 0 Å². The first-order chi connectivity index (χ1) is 8.08. The summed E-state index contributed by atoms with van der Waals surface area (Å²) in [6.45, 7) is 0. The van der Waals surface area contributed by atoms with Crippen LogP contribution in [0.4, 0.5) is 5.69 Å². The average molecular weight is 305 g/mol. The molecule has 2 aromatic rings. The van der Waals surface area contributed by atoms with E-state index in [9.17, 15) is 0 Å². The van der Waals surface area contributed by atoms with Crippen molar-refractivity contribution in [1.29, 1.82) is 0 Å². The van der Waals surface area contributed by atoms with E-state index in [4.69, 9.17) is 40.5 Å². The number of nitrogens with two attached hydrogens (primary N) is 1. The predicted molar refractivity (Wildman–Crippen MR) is 76.4 cm³/mol. The van der Waals surface area contributed by atoms with Crippen LogP contribution in [-0.4, -0.2) is 0 Å². The van der Waals surface area contributed by atoms with Crippen molar-refractivity contribution >= 4 is 52.3 Å². The third-order valence-electron chi connectivity index (χ3n) is 2.10. The van der Waals surface area contributed by atoms with Gasteiger partial charge in [-0.2, -0.15) is 0 Å². The Morgan fingerprint density at radius 2 is 1.71 bits per heavy atom. The number of nitrogen functional groups attached to an aromatic ring is 1. The zero-order valence-corrected chi connectivity index (χ0v) is 11.7. The van der Waals surface area contributed by atoms with Gasteiger partial charge in [0.05, 0.1) is 14.9 Å². The van der Waals surface area contributed by atoms with Gasteiger partial charge in [-0.05, 0) is 30.3 Å². The monoisotopic (exact) mass is 303 g/mol. The van der Waals surface area contributed by atoms with Crippen molar-refractivity contribution in [2.75, 3.05) is 5.73 Å². The smallest absolute Gasteiger partial charge is 0.0566 e. The quantitative estimate of drug-likeness (QED) is 0.754. The van der Waals surface area contributed by atoms with Crippen molar-refractivity contribution in [1.82, 2.24) is 0 Å². The van der Waals surface area contributed by atoms with E-state index in [1.807, 2.05) is 0 Å². The minimum absolute atomic E-state index is 0.603. The summed E-state index contributed by atoms with van der Waals surface area (Å²) in [5.41, 5.74) is 6.50. The maximum atomic E-state index is 6.09. The van der Waals surface area contributed by atoms with E-state index < -0.39 is 0 Å². The van der Waals surface area contributed by atoms with Gasteiger partial charge < -0.3 is 5.73 Å². The Balaban J connectivity index is 2.41. The Labute approximate surface area is 119 Å². The molecule has 2 rings (SSSR count). The lowest BCUT2D eigenvalue weighted by atomic mass is 10.3. The Kier molecular flexibility index (Phi) is 4.10. The van der Waals surface area contributed by atoms with Gasteiger partial charge in [0.2, 0.25) is 0 Å². The summed E-state index contributed by atoms with van der Waals surface area (Å²) in [6.07, 6.45) is 0. The minimum atomic E-state index is 0.603. The molecule has 17 heavy (non-hydrogen) atoms. The number of anilines is 1. The highest BCUT2D eigenvalue weighted by Gasteiger charge is 2.09. The van der Waals surface area contributed by atoms with Crippen LogP contribution in [-0.2, 0) is 0 Å². The summed E-state index contributed by atoms with van der Waals surface area (Å²) in [5.74, 6) is 0. The highest BCUT2D eigenvalue weighted by atomic mass is 35.5. The zero-order chi connectivity index (χ0) is 12.4. The van der Waals surface area contributed by atoms with E-state index in [2.05, 4.69) is 0 Å². The summed E-state index contributed by atoms with van der Waals surface area (Å²) in [6, 6.07) is 10.7. The van der Waals surface area contributed by atoms with Gasteiger partial charge in [0.25, 0.3) is 0 Å². The number of rotatable bonds is 2. The average Bonchev–Trinajstić information content (AvgIpc) is 2.28. The van der Waals surface area contributed by atoms with Crippen molar-refractivity contribution in [2.24, 2.45) is 0 Å². The molecule has 0 bridgehead atoms. The minimum Gasteiger partial charge on any atom is -0.398 e. The topological polar surface area (TPSA) is 26.0 Å². The van der Waals surface area contributed by atoms with Crippen LogP contribution in [0.2, 0.25) is 15.1 Å². The molecule has 0 aliphatic heterocycles. The molecular formula is C12H8Cl3NS. The first-order valence-corrected chi connectivity index (χ1v) is 6.70. The molecule has 0 fully saturated rings. The van der Waals surface area contributed by atoms with Crippen LogP contribution >= 0.6 is 46.6 Å². The Bertz CT molecular complexity index is 537. The molecule has 5 heteroatoms. The van der Waals surface area contributed by atoms with E-state index in [0.717, 1.165) is 9.79 Å². The standard InChI is InChI=1S/C12H8Cl3NS/c13-7-4-5-8(14)11(6-7)17-12-9(15)2-1-3-10(12)16/h1-6H,16H2. The molecule has 0 saturated heterocycles. The van der Waals surface area contributed by atoms with Crippen molar-refractivity contribution in [3.63, 3.8) is 0 Å². The van der Waals surface area contributed by atoms with Crippen LogP contribution in [0.1, 0.15) is 0 Å². The predicted octanol–water partition coefficient (Wildman–Crippen LogP) is 5.38. The van der Waals surface area contributed by atoms with Crippen molar-refractivity contribution < 1.29 is 0 Å². The Morgan fingerprint density at radius 1 is 0.941 bits per heavy atom. The molecule has 0 radical (unpaired) electrons. The third kappa shape index (κ3) is 3.02. The Morgan fingerprint density at radius 3 is 2.41 bits per heavy atom. The highest BCUT2D eigenvalue weighted by molar-refractivity contribution is 7.99. The second-order valence-electron chi connectivity index (χ2n) is 3.33. The highest BCUT2D eigenvalue weighted by Crippen LogP contribution is 2.41. The van der Waals surface area contributed by atoms with Crippen LogP contribution in [0.25, 0.3) is 0 Å². The van der Waals surface area contributed by atoms with Gasteiger partial charge in [-0.15, -0.1) is 0 Å².